The van der Waals surface area contributed by atoms with Crippen LogP contribution in [0, 0.1) is 0 Å². The Labute approximate surface area is 127 Å². The number of aromatic nitrogens is 1. The fourth-order valence-corrected chi connectivity index (χ4v) is 2.14. The second-order valence-corrected chi connectivity index (χ2v) is 5.48. The molecule has 0 spiro atoms. The molecule has 1 aliphatic carbocycles. The molecule has 2 amide bonds. The molecular formula is C13H15Cl2N3O2. The van der Waals surface area contributed by atoms with E-state index in [0.29, 0.717) is 31.0 Å². The zero-order chi connectivity index (χ0) is 14.5. The van der Waals surface area contributed by atoms with Crippen molar-refractivity contribution in [3.63, 3.8) is 0 Å². The molecule has 0 bridgehead atoms. The predicted octanol–water partition coefficient (Wildman–Crippen LogP) is 2.18. The van der Waals surface area contributed by atoms with Crippen molar-refractivity contribution in [1.82, 2.24) is 15.6 Å². The summed E-state index contributed by atoms with van der Waals surface area (Å²) in [7, 11) is 0. The molecule has 1 aromatic heterocycles. The smallest absolute Gasteiger partial charge is 0.251 e. The molecule has 0 unspecified atom stereocenters. The van der Waals surface area contributed by atoms with Gasteiger partial charge in [-0.2, -0.15) is 0 Å². The molecule has 7 heteroatoms. The van der Waals surface area contributed by atoms with E-state index < -0.39 is 0 Å². The Morgan fingerprint density at radius 3 is 2.50 bits per heavy atom. The summed E-state index contributed by atoms with van der Waals surface area (Å²) < 4.78 is 0. The number of halogens is 2. The highest BCUT2D eigenvalue weighted by molar-refractivity contribution is 6.33. The van der Waals surface area contributed by atoms with E-state index in [-0.39, 0.29) is 22.1 Å². The highest BCUT2D eigenvalue weighted by atomic mass is 35.5. The molecule has 0 atom stereocenters. The first-order chi connectivity index (χ1) is 9.54. The van der Waals surface area contributed by atoms with Gasteiger partial charge in [0.05, 0.1) is 0 Å². The zero-order valence-electron chi connectivity index (χ0n) is 10.8. The lowest BCUT2D eigenvalue weighted by Gasteiger charge is -2.06. The van der Waals surface area contributed by atoms with Crippen LogP contribution in [0.3, 0.4) is 0 Å². The van der Waals surface area contributed by atoms with Gasteiger partial charge in [-0.25, -0.2) is 4.98 Å². The topological polar surface area (TPSA) is 71.1 Å². The van der Waals surface area contributed by atoms with Crippen molar-refractivity contribution in [1.29, 1.82) is 0 Å². The summed E-state index contributed by atoms with van der Waals surface area (Å²) in [5.41, 5.74) is 0.359. The molecule has 20 heavy (non-hydrogen) atoms. The molecule has 1 aromatic rings. The lowest BCUT2D eigenvalue weighted by Crippen LogP contribution is -2.28. The van der Waals surface area contributed by atoms with E-state index in [1.165, 1.54) is 12.1 Å². The van der Waals surface area contributed by atoms with Gasteiger partial charge in [0.15, 0.2) is 0 Å². The van der Waals surface area contributed by atoms with Gasteiger partial charge in [-0.1, -0.05) is 23.2 Å². The van der Waals surface area contributed by atoms with Crippen LogP contribution >= 0.6 is 23.2 Å². The second-order valence-electron chi connectivity index (χ2n) is 4.70. The van der Waals surface area contributed by atoms with E-state index in [2.05, 4.69) is 15.6 Å². The monoisotopic (exact) mass is 315 g/mol. The minimum Gasteiger partial charge on any atom is -0.353 e. The van der Waals surface area contributed by atoms with Crippen molar-refractivity contribution in [3.05, 3.63) is 28.0 Å². The molecule has 0 aliphatic heterocycles. The molecule has 2 rings (SSSR count). The van der Waals surface area contributed by atoms with E-state index in [4.69, 9.17) is 23.2 Å². The van der Waals surface area contributed by atoms with Crippen molar-refractivity contribution in [2.45, 2.75) is 31.7 Å². The Morgan fingerprint density at radius 1 is 1.25 bits per heavy atom. The van der Waals surface area contributed by atoms with Crippen molar-refractivity contribution in [2.24, 2.45) is 0 Å². The van der Waals surface area contributed by atoms with Gasteiger partial charge in [0.2, 0.25) is 5.91 Å². The number of rotatable bonds is 6. The minimum atomic E-state index is -0.279. The van der Waals surface area contributed by atoms with Crippen molar-refractivity contribution >= 4 is 35.0 Å². The van der Waals surface area contributed by atoms with Crippen LogP contribution in [0.15, 0.2) is 12.1 Å². The van der Waals surface area contributed by atoms with Crippen molar-refractivity contribution < 1.29 is 9.59 Å². The molecule has 1 aliphatic rings. The van der Waals surface area contributed by atoms with Gasteiger partial charge in [-0.05, 0) is 31.4 Å². The number of nitrogens with one attached hydrogen (secondary N) is 2. The van der Waals surface area contributed by atoms with Crippen LogP contribution in [0.2, 0.25) is 10.3 Å². The summed E-state index contributed by atoms with van der Waals surface area (Å²) in [6.45, 7) is 0.425. The van der Waals surface area contributed by atoms with Crippen molar-refractivity contribution in [3.8, 4) is 0 Å². The molecule has 1 saturated carbocycles. The number of nitrogens with zero attached hydrogens (tertiary/aromatic N) is 1. The maximum atomic E-state index is 11.8. The predicted molar refractivity (Wildman–Crippen MR) is 77.0 cm³/mol. The first-order valence-electron chi connectivity index (χ1n) is 6.45. The lowest BCUT2D eigenvalue weighted by molar-refractivity contribution is -0.121. The third kappa shape index (κ3) is 4.98. The van der Waals surface area contributed by atoms with Gasteiger partial charge in [0.1, 0.15) is 10.3 Å². The van der Waals surface area contributed by atoms with Gasteiger partial charge < -0.3 is 10.6 Å². The van der Waals surface area contributed by atoms with E-state index in [0.717, 1.165) is 12.8 Å². The summed E-state index contributed by atoms with van der Waals surface area (Å²) in [5, 5.41) is 5.95. The highest BCUT2D eigenvalue weighted by Gasteiger charge is 2.22. The fourth-order valence-electron chi connectivity index (χ4n) is 1.68. The SMILES string of the molecule is O=C(CCCNC(=O)c1cc(Cl)nc(Cl)c1)NC1CC1. The Hall–Kier alpha value is -1.33. The molecular weight excluding hydrogens is 301 g/mol. The third-order valence-corrected chi connectivity index (χ3v) is 3.22. The normalized spacial score (nSPS) is 13.9. The summed E-state index contributed by atoms with van der Waals surface area (Å²) in [6, 6.07) is 3.27. The summed E-state index contributed by atoms with van der Waals surface area (Å²) >= 11 is 11.4. The molecule has 0 aromatic carbocycles. The van der Waals surface area contributed by atoms with Gasteiger partial charge in [-0.15, -0.1) is 0 Å². The van der Waals surface area contributed by atoms with Crippen LogP contribution in [0.1, 0.15) is 36.0 Å². The quantitative estimate of drug-likeness (QED) is 0.624. The van der Waals surface area contributed by atoms with Crippen molar-refractivity contribution in [2.75, 3.05) is 6.54 Å². The Kier molecular flexibility index (Phi) is 5.20. The van der Waals surface area contributed by atoms with Gasteiger partial charge in [0, 0.05) is 24.6 Å². The van der Waals surface area contributed by atoms with Gasteiger partial charge >= 0.3 is 0 Å². The first-order valence-corrected chi connectivity index (χ1v) is 7.21. The largest absolute Gasteiger partial charge is 0.353 e. The van der Waals surface area contributed by atoms with Crippen LogP contribution < -0.4 is 10.6 Å². The number of carbonyl (C=O) groups excluding carboxylic acids is 2. The second kappa shape index (κ2) is 6.90. The molecule has 0 saturated heterocycles. The Bertz CT molecular complexity index is 498. The number of carbonyl (C=O) groups is 2. The average molecular weight is 316 g/mol. The zero-order valence-corrected chi connectivity index (χ0v) is 12.3. The van der Waals surface area contributed by atoms with Crippen LogP contribution in [0.4, 0.5) is 0 Å². The maximum Gasteiger partial charge on any atom is 0.251 e. The molecule has 1 fully saturated rings. The van der Waals surface area contributed by atoms with Gasteiger partial charge in [0.25, 0.3) is 5.91 Å². The van der Waals surface area contributed by atoms with Gasteiger partial charge in [-0.3, -0.25) is 9.59 Å². The van der Waals surface area contributed by atoms with E-state index in [9.17, 15) is 9.59 Å². The number of hydrogen-bond acceptors (Lipinski definition) is 3. The third-order valence-electron chi connectivity index (χ3n) is 2.83. The molecule has 5 nitrogen and oxygen atoms in total. The Balaban J connectivity index is 1.70. The van der Waals surface area contributed by atoms with Crippen LogP contribution in [0.25, 0.3) is 0 Å². The van der Waals surface area contributed by atoms with E-state index in [1.54, 1.807) is 0 Å². The summed E-state index contributed by atoms with van der Waals surface area (Å²) in [4.78, 5) is 27.0. The standard InChI is InChI=1S/C13H15Cl2N3O2/c14-10-6-8(7-11(15)18-10)13(20)16-5-1-2-12(19)17-9-3-4-9/h6-7,9H,1-5H2,(H,16,20)(H,17,19). The molecule has 1 heterocycles. The lowest BCUT2D eigenvalue weighted by atomic mass is 10.2. The molecule has 2 N–H and O–H groups in total. The van der Waals surface area contributed by atoms with E-state index in [1.807, 2.05) is 0 Å². The number of amides is 2. The molecule has 108 valence electrons. The van der Waals surface area contributed by atoms with Crippen LogP contribution in [-0.2, 0) is 4.79 Å². The first kappa shape index (κ1) is 15.1. The number of pyridine rings is 1. The van der Waals surface area contributed by atoms with Crippen LogP contribution in [0.5, 0.6) is 0 Å². The summed E-state index contributed by atoms with van der Waals surface area (Å²) in [6.07, 6.45) is 3.16. The number of hydrogen-bond donors (Lipinski definition) is 2. The Morgan fingerprint density at radius 2 is 1.90 bits per heavy atom. The summed E-state index contributed by atoms with van der Waals surface area (Å²) in [5.74, 6) is -0.240. The minimum absolute atomic E-state index is 0.0387. The molecule has 0 radical (unpaired) electrons. The van der Waals surface area contributed by atoms with E-state index >= 15 is 0 Å². The fraction of sp³-hybridized carbons (Fsp3) is 0.462. The highest BCUT2D eigenvalue weighted by Crippen LogP contribution is 2.18. The van der Waals surface area contributed by atoms with Crippen LogP contribution in [-0.4, -0.2) is 29.4 Å². The average Bonchev–Trinajstić information content (AvgIpc) is 3.17. The maximum absolute atomic E-state index is 11.8.